The number of carbonyl (C=O) groups is 2. The van der Waals surface area contributed by atoms with Crippen LogP contribution in [-0.4, -0.2) is 80.1 Å². The third-order valence-electron chi connectivity index (χ3n) is 12.5. The number of benzene rings is 2. The lowest BCUT2D eigenvalue weighted by atomic mass is 9.80. The molecule has 2 aliphatic carbocycles. The summed E-state index contributed by atoms with van der Waals surface area (Å²) in [5, 5.41) is 17.2. The quantitative estimate of drug-likeness (QED) is 0.0726. The van der Waals surface area contributed by atoms with Gasteiger partial charge in [-0.05, 0) is 105 Å². The van der Waals surface area contributed by atoms with Crippen LogP contribution in [0.4, 0.5) is 0 Å². The number of esters is 2. The van der Waals surface area contributed by atoms with Gasteiger partial charge in [0, 0.05) is 59.0 Å². The number of nitrogens with zero attached hydrogens (tertiary/aromatic N) is 3. The second-order valence-electron chi connectivity index (χ2n) is 19.5. The van der Waals surface area contributed by atoms with Crippen LogP contribution in [0.2, 0.25) is 0 Å². The lowest BCUT2D eigenvalue weighted by molar-refractivity contribution is -0.487. The average molecular weight is 774 g/mol. The fourth-order valence-electron chi connectivity index (χ4n) is 10.3. The molecule has 2 saturated heterocycles. The summed E-state index contributed by atoms with van der Waals surface area (Å²) >= 11 is 0. The highest BCUT2D eigenvalue weighted by Crippen LogP contribution is 2.43. The van der Waals surface area contributed by atoms with Crippen molar-refractivity contribution in [1.82, 2.24) is 10.1 Å². The summed E-state index contributed by atoms with van der Waals surface area (Å²) in [4.78, 5) is 40.1. The molecule has 0 spiro atoms. The molecule has 2 saturated carbocycles. The van der Waals surface area contributed by atoms with E-state index in [1.165, 1.54) is 38.5 Å². The minimum atomic E-state index is -0.740. The summed E-state index contributed by atoms with van der Waals surface area (Å²) in [6, 6.07) is 13.1. The third kappa shape index (κ3) is 9.86. The molecule has 4 fully saturated rings. The fraction of sp³-hybridized carbons (Fsp3) is 0.674. The van der Waals surface area contributed by atoms with Crippen molar-refractivity contribution < 1.29 is 33.5 Å². The maximum atomic E-state index is 13.4. The normalized spacial score (nSPS) is 23.8. The average Bonchev–Trinajstić information content (AvgIpc) is 3.12. The summed E-state index contributed by atoms with van der Waals surface area (Å²) in [6.45, 7) is 21.0. The number of piperidine rings is 2. The molecule has 2 aromatic carbocycles. The van der Waals surface area contributed by atoms with E-state index >= 15 is 0 Å². The predicted octanol–water partition coefficient (Wildman–Crippen LogP) is 9.87. The zero-order chi connectivity index (χ0) is 40.5. The molecule has 56 heavy (non-hydrogen) atoms. The molecule has 0 atom stereocenters. The van der Waals surface area contributed by atoms with Crippen molar-refractivity contribution in [1.29, 1.82) is 0 Å². The van der Waals surface area contributed by atoms with Gasteiger partial charge in [0.2, 0.25) is 6.04 Å². The Morgan fingerprint density at radius 3 is 1.16 bits per heavy atom. The van der Waals surface area contributed by atoms with Gasteiger partial charge in [-0.3, -0.25) is 9.68 Å². The molecule has 10 nitrogen and oxygen atoms in total. The highest BCUT2D eigenvalue weighted by molar-refractivity contribution is 5.90. The SMILES string of the molecule is C=[N+]([O-])C(c1ccc(C(=O)OC2CC(C)(C)N(OC3CCCCC3)C(C)(C)C2)cc1)c1ccc(C(=O)OC2CC(C)(C)N(OC3CCCCC3)C(C)(C)C2)cc1. The van der Waals surface area contributed by atoms with Crippen molar-refractivity contribution in [3.63, 3.8) is 0 Å². The number of hydrogen-bond acceptors (Lipinski definition) is 9. The Morgan fingerprint density at radius 2 is 0.875 bits per heavy atom. The van der Waals surface area contributed by atoms with Gasteiger partial charge in [0.05, 0.1) is 23.3 Å². The van der Waals surface area contributed by atoms with E-state index in [0.717, 1.165) is 25.7 Å². The Morgan fingerprint density at radius 1 is 0.571 bits per heavy atom. The first-order valence-electron chi connectivity index (χ1n) is 21.2. The number of hydroxylamine groups is 5. The highest BCUT2D eigenvalue weighted by Gasteiger charge is 2.50. The Labute approximate surface area is 335 Å². The number of rotatable bonds is 11. The molecule has 0 bridgehead atoms. The van der Waals surface area contributed by atoms with Gasteiger partial charge in [0.1, 0.15) is 18.9 Å². The molecule has 6 rings (SSSR count). The molecule has 2 aromatic rings. The summed E-state index contributed by atoms with van der Waals surface area (Å²) in [5.74, 6) is -0.783. The van der Waals surface area contributed by atoms with Crippen LogP contribution < -0.4 is 0 Å². The Bertz CT molecular complexity index is 1520. The van der Waals surface area contributed by atoms with Crippen LogP contribution in [0.25, 0.3) is 0 Å². The number of carbonyl (C=O) groups excluding carboxylic acids is 2. The van der Waals surface area contributed by atoms with Gasteiger partial charge >= 0.3 is 11.9 Å². The van der Waals surface area contributed by atoms with Gasteiger partial charge in [0.15, 0.2) is 0 Å². The van der Waals surface area contributed by atoms with E-state index < -0.39 is 18.0 Å². The van der Waals surface area contributed by atoms with E-state index in [2.05, 4.69) is 72.2 Å². The highest BCUT2D eigenvalue weighted by atomic mass is 16.7. The van der Waals surface area contributed by atoms with Gasteiger partial charge < -0.3 is 14.7 Å². The van der Waals surface area contributed by atoms with Crippen molar-refractivity contribution >= 4 is 18.7 Å². The molecule has 0 N–H and O–H groups in total. The Balaban J connectivity index is 1.06. The number of hydrogen-bond donors (Lipinski definition) is 0. The fourth-order valence-corrected chi connectivity index (χ4v) is 10.3. The molecule has 0 unspecified atom stereocenters. The Kier molecular flexibility index (Phi) is 12.8. The van der Waals surface area contributed by atoms with Crippen LogP contribution in [0, 0.1) is 5.21 Å². The first kappa shape index (κ1) is 42.3. The van der Waals surface area contributed by atoms with Crippen LogP contribution >= 0.6 is 0 Å². The van der Waals surface area contributed by atoms with E-state index in [1.807, 2.05) is 0 Å². The predicted molar refractivity (Wildman–Crippen MR) is 218 cm³/mol. The van der Waals surface area contributed by atoms with Gasteiger partial charge in [-0.1, -0.05) is 62.8 Å². The third-order valence-corrected chi connectivity index (χ3v) is 12.5. The van der Waals surface area contributed by atoms with Crippen LogP contribution in [0.5, 0.6) is 0 Å². The maximum Gasteiger partial charge on any atom is 0.338 e. The van der Waals surface area contributed by atoms with Crippen molar-refractivity contribution in [3.05, 3.63) is 76.0 Å². The summed E-state index contributed by atoms with van der Waals surface area (Å²) in [6.07, 6.45) is 14.3. The van der Waals surface area contributed by atoms with Crippen molar-refractivity contribution in [3.8, 4) is 0 Å². The van der Waals surface area contributed by atoms with Gasteiger partial charge in [0.25, 0.3) is 0 Å². The van der Waals surface area contributed by atoms with Crippen LogP contribution in [0.3, 0.4) is 0 Å². The zero-order valence-electron chi connectivity index (χ0n) is 35.3. The topological polar surface area (TPSA) is 104 Å². The van der Waals surface area contributed by atoms with Gasteiger partial charge in [-0.15, -0.1) is 0 Å². The Hall–Kier alpha value is -3.31. The standard InChI is InChI=1S/C46H67N3O7/c1-43(2)28-38(29-44(3,4)48(43)55-36-16-12-10-13-17-36)53-41(50)34-24-20-32(21-25-34)40(47(9)52)33-22-26-35(27-23-33)42(51)54-39-30-45(5,6)49(46(7,8)31-39)56-37-18-14-11-15-19-37/h20-27,36-40H,9-19,28-31H2,1-8H3. The molecular weight excluding hydrogens is 707 g/mol. The van der Waals surface area contributed by atoms with E-state index in [9.17, 15) is 14.8 Å². The largest absolute Gasteiger partial charge is 0.624 e. The number of ether oxygens (including phenoxy) is 2. The molecule has 0 amide bonds. The molecule has 4 aliphatic rings. The van der Waals surface area contributed by atoms with E-state index in [1.54, 1.807) is 48.5 Å². The molecule has 2 aliphatic heterocycles. The second-order valence-corrected chi connectivity index (χ2v) is 19.5. The minimum absolute atomic E-state index is 0.243. The first-order chi connectivity index (χ1) is 26.3. The summed E-state index contributed by atoms with van der Waals surface area (Å²) < 4.78 is 12.9. The smallest absolute Gasteiger partial charge is 0.338 e. The van der Waals surface area contributed by atoms with E-state index in [-0.39, 0.29) is 46.6 Å². The minimum Gasteiger partial charge on any atom is -0.624 e. The van der Waals surface area contributed by atoms with Crippen molar-refractivity contribution in [2.75, 3.05) is 0 Å². The maximum absolute atomic E-state index is 13.4. The van der Waals surface area contributed by atoms with Gasteiger partial charge in [-0.25, -0.2) is 14.3 Å². The van der Waals surface area contributed by atoms with Crippen LogP contribution in [0.1, 0.15) is 183 Å². The lowest BCUT2D eigenvalue weighted by Gasteiger charge is -2.54. The monoisotopic (exact) mass is 773 g/mol. The first-order valence-corrected chi connectivity index (χ1v) is 21.2. The van der Waals surface area contributed by atoms with E-state index in [0.29, 0.717) is 52.7 Å². The molecular formula is C46H67N3O7. The van der Waals surface area contributed by atoms with Crippen molar-refractivity contribution in [2.24, 2.45) is 0 Å². The second kappa shape index (κ2) is 16.9. The molecule has 308 valence electrons. The molecule has 2 heterocycles. The lowest BCUT2D eigenvalue weighted by Crippen LogP contribution is -2.63. The van der Waals surface area contributed by atoms with Crippen molar-refractivity contribution in [2.45, 2.75) is 198 Å². The molecule has 0 radical (unpaired) electrons. The van der Waals surface area contributed by atoms with E-state index in [4.69, 9.17) is 19.1 Å². The van der Waals surface area contributed by atoms with Crippen LogP contribution in [0.15, 0.2) is 48.5 Å². The molecule has 10 heteroatoms. The summed E-state index contributed by atoms with van der Waals surface area (Å²) in [5.41, 5.74) is 0.931. The van der Waals surface area contributed by atoms with Gasteiger partial charge in [-0.2, -0.15) is 10.1 Å². The zero-order valence-corrected chi connectivity index (χ0v) is 35.3. The summed E-state index contributed by atoms with van der Waals surface area (Å²) in [7, 11) is 0. The van der Waals surface area contributed by atoms with Crippen LogP contribution in [-0.2, 0) is 19.1 Å². The molecule has 0 aromatic heterocycles.